The Morgan fingerprint density at radius 2 is 2.07 bits per heavy atom. The maximum absolute atomic E-state index is 6.47. The van der Waals surface area contributed by atoms with Gasteiger partial charge in [0.25, 0.3) is 0 Å². The van der Waals surface area contributed by atoms with Crippen LogP contribution in [0.2, 0.25) is 5.02 Å². The van der Waals surface area contributed by atoms with Crippen molar-refractivity contribution in [1.29, 1.82) is 0 Å². The Morgan fingerprint density at radius 3 is 2.66 bits per heavy atom. The fraction of sp³-hybridized carbons (Fsp3) is 0.174. The number of hydrogen-bond donors (Lipinski definition) is 2. The van der Waals surface area contributed by atoms with E-state index >= 15 is 0 Å². The van der Waals surface area contributed by atoms with Crippen LogP contribution in [0, 0.1) is 0 Å². The Kier molecular flexibility index (Phi) is 6.64. The molecule has 6 heteroatoms. The Bertz CT molecular complexity index is 1100. The zero-order chi connectivity index (χ0) is 21.2. The quantitative estimate of drug-likeness (QED) is 0.259. The highest BCUT2D eigenvalue weighted by atomic mass is 35.5. The first-order valence-electron chi connectivity index (χ1n) is 9.16. The van der Waals surface area contributed by atoms with Crippen molar-refractivity contribution >= 4 is 56.4 Å². The average molecular weight is 444 g/mol. The van der Waals surface area contributed by atoms with Crippen molar-refractivity contribution < 1.29 is 0 Å². The van der Waals surface area contributed by atoms with Crippen LogP contribution in [0.25, 0.3) is 11.3 Å². The van der Waals surface area contributed by atoms with E-state index in [1.54, 1.807) is 11.2 Å². The Labute approximate surface area is 184 Å². The molecule has 1 heterocycles. The fourth-order valence-corrected chi connectivity index (χ4v) is 4.44. The minimum Gasteiger partial charge on any atom is -0.307 e. The normalized spacial score (nSPS) is 14.2. The van der Waals surface area contributed by atoms with Crippen LogP contribution in [0.5, 0.6) is 0 Å². The summed E-state index contributed by atoms with van der Waals surface area (Å²) >= 11 is 11.0. The first kappa shape index (κ1) is 21.8. The molecule has 0 fully saturated rings. The van der Waals surface area contributed by atoms with E-state index in [9.17, 15) is 0 Å². The van der Waals surface area contributed by atoms with Crippen molar-refractivity contribution in [1.82, 2.24) is 9.99 Å². The highest BCUT2D eigenvalue weighted by molar-refractivity contribution is 8.27. The van der Waals surface area contributed by atoms with Crippen LogP contribution in [-0.4, -0.2) is 28.0 Å². The van der Waals surface area contributed by atoms with E-state index < -0.39 is 9.21 Å². The van der Waals surface area contributed by atoms with E-state index in [2.05, 4.69) is 48.1 Å². The van der Waals surface area contributed by atoms with Crippen molar-refractivity contribution in [3.05, 3.63) is 82.0 Å². The molecule has 0 aliphatic heterocycles. The molecule has 3 nitrogen and oxygen atoms in total. The number of thiol groups is 1. The minimum atomic E-state index is -1.32. The summed E-state index contributed by atoms with van der Waals surface area (Å²) in [7, 11) is -1.32. The molecule has 2 N–H and O–H groups in total. The van der Waals surface area contributed by atoms with Crippen LogP contribution in [0.15, 0.2) is 65.1 Å². The van der Waals surface area contributed by atoms with Gasteiger partial charge in [-0.3, -0.25) is 4.98 Å². The molecule has 0 radical (unpaired) electrons. The van der Waals surface area contributed by atoms with Gasteiger partial charge in [-0.25, -0.2) is 5.84 Å². The first-order chi connectivity index (χ1) is 13.7. The summed E-state index contributed by atoms with van der Waals surface area (Å²) in [6.07, 6.45) is 10.0. The summed E-state index contributed by atoms with van der Waals surface area (Å²) in [6.45, 7) is 4.56. The van der Waals surface area contributed by atoms with Gasteiger partial charge in [0, 0.05) is 22.4 Å². The second kappa shape index (κ2) is 8.84. The van der Waals surface area contributed by atoms with Gasteiger partial charge in [-0.1, -0.05) is 48.1 Å². The molecule has 152 valence electrons. The molecule has 2 aromatic rings. The number of aromatic nitrogens is 1. The monoisotopic (exact) mass is 443 g/mol. The first-order valence-corrected chi connectivity index (χ1v) is 12.4. The maximum atomic E-state index is 6.47. The molecule has 1 aliphatic rings. The third kappa shape index (κ3) is 5.17. The minimum absolute atomic E-state index is 0.439. The lowest BCUT2D eigenvalue weighted by Crippen LogP contribution is -2.28. The van der Waals surface area contributed by atoms with Crippen LogP contribution < -0.4 is 5.84 Å². The summed E-state index contributed by atoms with van der Waals surface area (Å²) in [5.41, 5.74) is 4.42. The number of benzene rings is 1. The molecule has 29 heavy (non-hydrogen) atoms. The lowest BCUT2D eigenvalue weighted by molar-refractivity contribution is 0.411. The van der Waals surface area contributed by atoms with Gasteiger partial charge in [0.15, 0.2) is 0 Å². The molecule has 3 rings (SSSR count). The maximum Gasteiger partial charge on any atom is 0.0710 e. The number of nitrogens with zero attached hydrogens (tertiary/aromatic N) is 2. The molecule has 0 saturated heterocycles. The van der Waals surface area contributed by atoms with Crippen LogP contribution >= 0.6 is 33.4 Å². The van der Waals surface area contributed by atoms with Gasteiger partial charge in [0.05, 0.1) is 17.9 Å². The van der Waals surface area contributed by atoms with Gasteiger partial charge in [-0.05, 0) is 58.7 Å². The number of hydrogen-bond acceptors (Lipinski definition) is 4. The summed E-state index contributed by atoms with van der Waals surface area (Å²) in [5.74, 6) is 14.5. The lowest BCUT2D eigenvalue weighted by Gasteiger charge is -2.22. The van der Waals surface area contributed by atoms with Crippen LogP contribution in [-0.2, 0) is 6.54 Å². The van der Waals surface area contributed by atoms with Gasteiger partial charge in [-0.15, -0.1) is 12.6 Å². The number of allylic oxidation sites excluding steroid dienone is 4. The summed E-state index contributed by atoms with van der Waals surface area (Å²) in [6, 6.07) is 9.88. The molecule has 0 bridgehead atoms. The van der Waals surface area contributed by atoms with Gasteiger partial charge in [-0.2, -0.15) is 9.21 Å². The smallest absolute Gasteiger partial charge is 0.0710 e. The van der Waals surface area contributed by atoms with Crippen molar-refractivity contribution in [2.45, 2.75) is 24.3 Å². The second-order valence-electron chi connectivity index (χ2n) is 7.34. The van der Waals surface area contributed by atoms with E-state index in [4.69, 9.17) is 17.4 Å². The van der Waals surface area contributed by atoms with Gasteiger partial charge in [0.1, 0.15) is 0 Å². The van der Waals surface area contributed by atoms with E-state index in [1.165, 1.54) is 0 Å². The van der Waals surface area contributed by atoms with E-state index in [0.717, 1.165) is 45.0 Å². The summed E-state index contributed by atoms with van der Waals surface area (Å²) in [5, 5.41) is 2.24. The van der Waals surface area contributed by atoms with Gasteiger partial charge in [0.2, 0.25) is 0 Å². The predicted octanol–water partition coefficient (Wildman–Crippen LogP) is 5.73. The molecule has 1 aromatic heterocycles. The van der Waals surface area contributed by atoms with E-state index in [1.807, 2.05) is 36.6 Å². The molecule has 0 saturated carbocycles. The third-order valence-electron chi connectivity index (χ3n) is 4.80. The Morgan fingerprint density at radius 1 is 1.31 bits per heavy atom. The summed E-state index contributed by atoms with van der Waals surface area (Å²) in [4.78, 5) is 6.70. The molecule has 0 spiro atoms. The largest absolute Gasteiger partial charge is 0.307 e. The van der Waals surface area contributed by atoms with Crippen LogP contribution in [0.3, 0.4) is 0 Å². The highest BCUT2D eigenvalue weighted by Gasteiger charge is 2.13. The number of rotatable bonds is 6. The van der Waals surface area contributed by atoms with Crippen LogP contribution in [0.4, 0.5) is 0 Å². The standard InChI is InChI=1S/C23H26ClN3S2/c1-16(17-10-12-22(26-14-17)20-7-5-6-8-23(20)28)27(25)15-18-9-11-19(13-21(18)24)29(2,3)4/h5,7,9-14,28H,1-3,6,8,15,25H2,4H3. The molecule has 0 unspecified atom stereocenters. The average Bonchev–Trinajstić information content (AvgIpc) is 2.68. The molecule has 1 aromatic carbocycles. The predicted molar refractivity (Wildman–Crippen MR) is 135 cm³/mol. The number of nitrogens with two attached hydrogens (primary N) is 1. The lowest BCUT2D eigenvalue weighted by atomic mass is 10.0. The number of halogens is 1. The topological polar surface area (TPSA) is 42.2 Å². The molecule has 0 amide bonds. The zero-order valence-corrected chi connectivity index (χ0v) is 19.0. The molecular weight excluding hydrogens is 418 g/mol. The van der Waals surface area contributed by atoms with Crippen molar-refractivity contribution in [2.75, 3.05) is 6.26 Å². The van der Waals surface area contributed by atoms with Crippen molar-refractivity contribution in [3.8, 4) is 0 Å². The molecule has 1 aliphatic carbocycles. The summed E-state index contributed by atoms with van der Waals surface area (Å²) < 4.78 is 0. The van der Waals surface area contributed by atoms with Crippen molar-refractivity contribution in [3.63, 3.8) is 0 Å². The zero-order valence-electron chi connectivity index (χ0n) is 16.6. The molecular formula is C23H26ClN3S2. The van der Waals surface area contributed by atoms with E-state index in [-0.39, 0.29) is 0 Å². The molecule has 0 atom stereocenters. The van der Waals surface area contributed by atoms with Gasteiger partial charge >= 0.3 is 0 Å². The SMILES string of the molecule is C=C(c1ccc(C2=C(S)CCC=C2)nc1)N(N)Cc1ccc(S(=C)(=C)C)cc1Cl. The van der Waals surface area contributed by atoms with Gasteiger partial charge < -0.3 is 5.01 Å². The van der Waals surface area contributed by atoms with E-state index in [0.29, 0.717) is 17.3 Å². The Hall–Kier alpha value is -1.92. The number of pyridine rings is 1. The third-order valence-corrected chi connectivity index (χ3v) is 7.01. The second-order valence-corrected chi connectivity index (χ2v) is 11.3. The fourth-order valence-electron chi connectivity index (χ4n) is 3.02. The number of hydrazine groups is 1. The van der Waals surface area contributed by atoms with Crippen LogP contribution in [0.1, 0.15) is 29.7 Å². The highest BCUT2D eigenvalue weighted by Crippen LogP contribution is 2.32. The Balaban J connectivity index is 1.74. The van der Waals surface area contributed by atoms with Crippen molar-refractivity contribution in [2.24, 2.45) is 5.84 Å².